The van der Waals surface area contributed by atoms with E-state index in [-0.39, 0.29) is 28.4 Å². The van der Waals surface area contributed by atoms with E-state index in [2.05, 4.69) is 15.6 Å². The standard InChI is InChI=1S/C28H21ClF5N3O/c1-17-4-2-5-18(10-17)15-27(25-9-8-21(29)16-35-25,19-11-20(28(32,33)34)13-23(31)12-19)37-26(38)36-24-7-3-6-22(30)14-24/h2-14,16H,15H2,1H3,(H2,36,37,38). The second-order valence-electron chi connectivity index (χ2n) is 8.75. The maximum Gasteiger partial charge on any atom is 0.416 e. The summed E-state index contributed by atoms with van der Waals surface area (Å²) >= 11 is 6.02. The molecule has 0 radical (unpaired) electrons. The molecule has 3 aromatic carbocycles. The number of benzene rings is 3. The summed E-state index contributed by atoms with van der Waals surface area (Å²) in [6.45, 7) is 1.83. The molecule has 0 aliphatic carbocycles. The minimum Gasteiger partial charge on any atom is -0.322 e. The first-order chi connectivity index (χ1) is 17.9. The van der Waals surface area contributed by atoms with Gasteiger partial charge in [0.2, 0.25) is 0 Å². The van der Waals surface area contributed by atoms with Gasteiger partial charge in [-0.15, -0.1) is 0 Å². The lowest BCUT2D eigenvalue weighted by Gasteiger charge is -2.36. The van der Waals surface area contributed by atoms with Crippen LogP contribution in [0.5, 0.6) is 0 Å². The summed E-state index contributed by atoms with van der Waals surface area (Å²) < 4.78 is 69.6. The molecule has 1 atom stereocenters. The van der Waals surface area contributed by atoms with Gasteiger partial charge in [0, 0.05) is 18.3 Å². The van der Waals surface area contributed by atoms with Crippen LogP contribution in [-0.4, -0.2) is 11.0 Å². The number of carbonyl (C=O) groups excluding carboxylic acids is 1. The average Bonchev–Trinajstić information content (AvgIpc) is 2.83. The molecule has 0 fully saturated rings. The van der Waals surface area contributed by atoms with Gasteiger partial charge in [0.1, 0.15) is 17.2 Å². The van der Waals surface area contributed by atoms with Gasteiger partial charge >= 0.3 is 12.2 Å². The second kappa shape index (κ2) is 10.8. The molecule has 0 aliphatic rings. The lowest BCUT2D eigenvalue weighted by atomic mass is 9.79. The summed E-state index contributed by atoms with van der Waals surface area (Å²) in [4.78, 5) is 17.6. The Morgan fingerprint density at radius 2 is 1.63 bits per heavy atom. The number of hydrogen-bond acceptors (Lipinski definition) is 2. The van der Waals surface area contributed by atoms with E-state index in [4.69, 9.17) is 11.6 Å². The SMILES string of the molecule is Cc1cccc(CC(NC(=O)Nc2cccc(F)c2)(c2cc(F)cc(C(F)(F)F)c2)c2ccc(Cl)cn2)c1. The monoisotopic (exact) mass is 545 g/mol. The molecule has 10 heteroatoms. The van der Waals surface area contributed by atoms with Gasteiger partial charge in [-0.1, -0.05) is 47.5 Å². The van der Waals surface area contributed by atoms with Crippen molar-refractivity contribution in [3.8, 4) is 0 Å². The van der Waals surface area contributed by atoms with Crippen LogP contribution in [0.3, 0.4) is 0 Å². The molecular weight excluding hydrogens is 525 g/mol. The average molecular weight is 546 g/mol. The number of hydrogen-bond donors (Lipinski definition) is 2. The van der Waals surface area contributed by atoms with E-state index in [0.717, 1.165) is 23.8 Å². The molecule has 1 heterocycles. The van der Waals surface area contributed by atoms with Crippen LogP contribution in [0.4, 0.5) is 32.4 Å². The third kappa shape index (κ3) is 6.28. The number of carbonyl (C=O) groups is 1. The number of rotatable bonds is 6. The first-order valence-corrected chi connectivity index (χ1v) is 11.7. The predicted octanol–water partition coefficient (Wildman–Crippen LogP) is 7.65. The lowest BCUT2D eigenvalue weighted by molar-refractivity contribution is -0.137. The molecule has 0 saturated heterocycles. The van der Waals surface area contributed by atoms with Gasteiger partial charge in [0.25, 0.3) is 0 Å². The molecule has 38 heavy (non-hydrogen) atoms. The van der Waals surface area contributed by atoms with Gasteiger partial charge in [-0.3, -0.25) is 4.98 Å². The zero-order chi connectivity index (χ0) is 27.5. The number of halogens is 6. The molecule has 4 rings (SSSR count). The number of aromatic nitrogens is 1. The molecule has 2 amide bonds. The third-order valence-electron chi connectivity index (χ3n) is 5.84. The Balaban J connectivity index is 1.92. The van der Waals surface area contributed by atoms with Crippen LogP contribution in [0.1, 0.15) is 27.9 Å². The Morgan fingerprint density at radius 3 is 2.29 bits per heavy atom. The van der Waals surface area contributed by atoms with Gasteiger partial charge in [-0.25, -0.2) is 13.6 Å². The van der Waals surface area contributed by atoms with E-state index in [9.17, 15) is 26.7 Å². The molecule has 4 aromatic rings. The first-order valence-electron chi connectivity index (χ1n) is 11.4. The fourth-order valence-corrected chi connectivity index (χ4v) is 4.31. The summed E-state index contributed by atoms with van der Waals surface area (Å²) in [6.07, 6.45) is -3.68. The minimum atomic E-state index is -4.86. The summed E-state index contributed by atoms with van der Waals surface area (Å²) in [6, 6.07) is 16.3. The Kier molecular flexibility index (Phi) is 7.68. The summed E-state index contributed by atoms with van der Waals surface area (Å²) in [5, 5.41) is 5.45. The van der Waals surface area contributed by atoms with Crippen molar-refractivity contribution in [2.24, 2.45) is 0 Å². The minimum absolute atomic E-state index is 0.0966. The first kappa shape index (κ1) is 27.1. The lowest BCUT2D eigenvalue weighted by Crippen LogP contribution is -2.50. The summed E-state index contributed by atoms with van der Waals surface area (Å²) in [7, 11) is 0. The predicted molar refractivity (Wildman–Crippen MR) is 135 cm³/mol. The molecular formula is C28H21ClF5N3O. The second-order valence-corrected chi connectivity index (χ2v) is 9.19. The molecule has 4 nitrogen and oxygen atoms in total. The topological polar surface area (TPSA) is 54.0 Å². The van der Waals surface area contributed by atoms with Crippen molar-refractivity contribution >= 4 is 23.3 Å². The van der Waals surface area contributed by atoms with E-state index in [1.165, 1.54) is 36.5 Å². The van der Waals surface area contributed by atoms with Crippen molar-refractivity contribution in [2.45, 2.75) is 25.1 Å². The van der Waals surface area contributed by atoms with Crippen LogP contribution < -0.4 is 10.6 Å². The maximum atomic E-state index is 14.7. The van der Waals surface area contributed by atoms with Crippen LogP contribution in [-0.2, 0) is 18.1 Å². The fraction of sp³-hybridized carbons (Fsp3) is 0.143. The highest BCUT2D eigenvalue weighted by molar-refractivity contribution is 6.30. The highest BCUT2D eigenvalue weighted by Crippen LogP contribution is 2.38. The van der Waals surface area contributed by atoms with Crippen molar-refractivity contribution in [3.63, 3.8) is 0 Å². The highest BCUT2D eigenvalue weighted by Gasteiger charge is 2.41. The summed E-state index contributed by atoms with van der Waals surface area (Å²) in [5.74, 6) is -1.75. The van der Waals surface area contributed by atoms with Crippen LogP contribution in [0.15, 0.2) is 85.1 Å². The fourth-order valence-electron chi connectivity index (χ4n) is 4.20. The van der Waals surface area contributed by atoms with Crippen molar-refractivity contribution < 1.29 is 26.7 Å². The maximum absolute atomic E-state index is 14.7. The quantitative estimate of drug-likeness (QED) is 0.245. The van der Waals surface area contributed by atoms with Crippen LogP contribution in [0.25, 0.3) is 0 Å². The molecule has 1 unspecified atom stereocenters. The van der Waals surface area contributed by atoms with Gasteiger partial charge < -0.3 is 10.6 Å². The van der Waals surface area contributed by atoms with Gasteiger partial charge in [-0.05, 0) is 66.6 Å². The number of urea groups is 1. The normalized spacial score (nSPS) is 13.0. The number of amides is 2. The van der Waals surface area contributed by atoms with Crippen molar-refractivity contribution in [3.05, 3.63) is 130 Å². The zero-order valence-corrected chi connectivity index (χ0v) is 20.7. The van der Waals surface area contributed by atoms with Gasteiger partial charge in [0.15, 0.2) is 0 Å². The highest BCUT2D eigenvalue weighted by atomic mass is 35.5. The van der Waals surface area contributed by atoms with Crippen LogP contribution in [0, 0.1) is 18.6 Å². The largest absolute Gasteiger partial charge is 0.416 e. The summed E-state index contributed by atoms with van der Waals surface area (Å²) in [5.41, 5.74) is -1.52. The molecule has 0 bridgehead atoms. The molecule has 2 N–H and O–H groups in total. The molecule has 196 valence electrons. The van der Waals surface area contributed by atoms with Gasteiger partial charge in [-0.2, -0.15) is 13.2 Å². The zero-order valence-electron chi connectivity index (χ0n) is 19.9. The number of aryl methyl sites for hydroxylation is 1. The van der Waals surface area contributed by atoms with E-state index >= 15 is 0 Å². The van der Waals surface area contributed by atoms with E-state index in [1.807, 2.05) is 13.0 Å². The molecule has 1 aromatic heterocycles. The third-order valence-corrected chi connectivity index (χ3v) is 6.07. The Hall–Kier alpha value is -3.98. The number of alkyl halides is 3. The number of nitrogens with one attached hydrogen (secondary N) is 2. The van der Waals surface area contributed by atoms with Gasteiger partial charge in [0.05, 0.1) is 16.3 Å². The van der Waals surface area contributed by atoms with Crippen molar-refractivity contribution in [1.82, 2.24) is 10.3 Å². The van der Waals surface area contributed by atoms with Crippen LogP contribution in [0.2, 0.25) is 5.02 Å². The molecule has 0 aliphatic heterocycles. The van der Waals surface area contributed by atoms with E-state index in [0.29, 0.717) is 11.6 Å². The number of anilines is 1. The Morgan fingerprint density at radius 1 is 0.895 bits per heavy atom. The van der Waals surface area contributed by atoms with E-state index in [1.54, 1.807) is 18.2 Å². The van der Waals surface area contributed by atoms with Crippen molar-refractivity contribution in [1.29, 1.82) is 0 Å². The number of pyridine rings is 1. The smallest absolute Gasteiger partial charge is 0.322 e. The number of nitrogens with zero attached hydrogens (tertiary/aromatic N) is 1. The Labute approximate surface area is 220 Å². The van der Waals surface area contributed by atoms with Crippen LogP contribution >= 0.6 is 11.6 Å². The Bertz CT molecular complexity index is 1460. The van der Waals surface area contributed by atoms with Crippen molar-refractivity contribution in [2.75, 3.05) is 5.32 Å². The molecule has 0 saturated carbocycles. The van der Waals surface area contributed by atoms with E-state index < -0.39 is 34.9 Å². The molecule has 0 spiro atoms.